The van der Waals surface area contributed by atoms with Crippen LogP contribution in [0.15, 0.2) is 18.2 Å². The van der Waals surface area contributed by atoms with Crippen molar-refractivity contribution in [1.29, 1.82) is 0 Å². The number of nitrogens with zero attached hydrogens (tertiary/aromatic N) is 3. The quantitative estimate of drug-likeness (QED) is 0.869. The first kappa shape index (κ1) is 11.1. The largest absolute Gasteiger partial charge is 0.388 e. The van der Waals surface area contributed by atoms with Crippen molar-refractivity contribution >= 4 is 11.6 Å². The number of aromatic nitrogens is 3. The molecule has 0 saturated heterocycles. The van der Waals surface area contributed by atoms with Crippen LogP contribution in [0.5, 0.6) is 0 Å². The maximum Gasteiger partial charge on any atom is 0.163 e. The molecule has 5 heteroatoms. The van der Waals surface area contributed by atoms with Gasteiger partial charge in [0.05, 0.1) is 0 Å². The first-order valence-corrected chi connectivity index (χ1v) is 5.27. The van der Waals surface area contributed by atoms with Gasteiger partial charge in [-0.2, -0.15) is 0 Å². The van der Waals surface area contributed by atoms with Gasteiger partial charge in [0.25, 0.3) is 0 Å². The lowest BCUT2D eigenvalue weighted by Gasteiger charge is -2.04. The van der Waals surface area contributed by atoms with Gasteiger partial charge >= 0.3 is 0 Å². The molecule has 0 saturated carbocycles. The van der Waals surface area contributed by atoms with E-state index >= 15 is 0 Å². The Hall–Kier alpha value is -1.39. The molecule has 0 aliphatic heterocycles. The molecule has 0 aliphatic carbocycles. The monoisotopic (exact) mass is 237 g/mol. The Bertz CT molecular complexity index is 522. The van der Waals surface area contributed by atoms with Gasteiger partial charge in [-0.3, -0.25) is 0 Å². The molecule has 16 heavy (non-hydrogen) atoms. The third kappa shape index (κ3) is 1.81. The van der Waals surface area contributed by atoms with Gasteiger partial charge in [-0.1, -0.05) is 23.7 Å². The van der Waals surface area contributed by atoms with E-state index in [0.717, 1.165) is 11.1 Å². The van der Waals surface area contributed by atoms with E-state index in [1.165, 1.54) is 0 Å². The molecule has 84 valence electrons. The minimum atomic E-state index is -0.122. The van der Waals surface area contributed by atoms with Crippen LogP contribution < -0.4 is 0 Å². The van der Waals surface area contributed by atoms with Crippen molar-refractivity contribution in [2.24, 2.45) is 7.05 Å². The average Bonchev–Trinajstić information content (AvgIpc) is 2.64. The van der Waals surface area contributed by atoms with Crippen LogP contribution in [0.2, 0.25) is 5.02 Å². The molecule has 2 rings (SSSR count). The highest BCUT2D eigenvalue weighted by atomic mass is 35.5. The minimum Gasteiger partial charge on any atom is -0.388 e. The fourth-order valence-corrected chi connectivity index (χ4v) is 1.66. The van der Waals surface area contributed by atoms with Gasteiger partial charge in [0, 0.05) is 17.6 Å². The second-order valence-corrected chi connectivity index (χ2v) is 4.03. The van der Waals surface area contributed by atoms with Crippen LogP contribution in [0.25, 0.3) is 11.4 Å². The molecular formula is C11H12ClN3O. The van der Waals surface area contributed by atoms with Crippen molar-refractivity contribution in [2.45, 2.75) is 13.5 Å². The average molecular weight is 238 g/mol. The molecule has 0 radical (unpaired) electrons. The van der Waals surface area contributed by atoms with Crippen LogP contribution in [0.4, 0.5) is 0 Å². The molecule has 0 amide bonds. The highest BCUT2D eigenvalue weighted by Crippen LogP contribution is 2.23. The normalized spacial score (nSPS) is 10.8. The van der Waals surface area contributed by atoms with Crippen molar-refractivity contribution in [3.63, 3.8) is 0 Å². The first-order chi connectivity index (χ1) is 7.63. The van der Waals surface area contributed by atoms with Gasteiger partial charge < -0.3 is 9.67 Å². The molecule has 0 unspecified atom stereocenters. The van der Waals surface area contributed by atoms with E-state index in [9.17, 15) is 0 Å². The smallest absolute Gasteiger partial charge is 0.163 e. The van der Waals surface area contributed by atoms with E-state index in [2.05, 4.69) is 10.2 Å². The summed E-state index contributed by atoms with van der Waals surface area (Å²) in [5, 5.41) is 17.6. The maximum atomic E-state index is 9.03. The summed E-state index contributed by atoms with van der Waals surface area (Å²) in [6, 6.07) is 5.72. The van der Waals surface area contributed by atoms with Crippen LogP contribution >= 0.6 is 11.6 Å². The Morgan fingerprint density at radius 2 is 2.12 bits per heavy atom. The number of hydrogen-bond donors (Lipinski definition) is 1. The van der Waals surface area contributed by atoms with E-state index in [-0.39, 0.29) is 6.61 Å². The Kier molecular flexibility index (Phi) is 2.94. The van der Waals surface area contributed by atoms with Crippen molar-refractivity contribution in [1.82, 2.24) is 14.8 Å². The molecule has 1 aromatic heterocycles. The SMILES string of the molecule is Cc1ccc(-c2nnc(CO)n2C)cc1Cl. The summed E-state index contributed by atoms with van der Waals surface area (Å²) < 4.78 is 1.75. The lowest BCUT2D eigenvalue weighted by atomic mass is 10.1. The van der Waals surface area contributed by atoms with E-state index in [1.807, 2.05) is 32.2 Å². The van der Waals surface area contributed by atoms with Crippen LogP contribution in [-0.4, -0.2) is 19.9 Å². The Labute approximate surface area is 98.5 Å². The van der Waals surface area contributed by atoms with E-state index in [0.29, 0.717) is 16.7 Å². The predicted molar refractivity (Wildman–Crippen MR) is 62.1 cm³/mol. The zero-order valence-electron chi connectivity index (χ0n) is 9.11. The molecule has 0 spiro atoms. The summed E-state index contributed by atoms with van der Waals surface area (Å²) in [6.45, 7) is 1.82. The lowest BCUT2D eigenvalue weighted by Crippen LogP contribution is -1.99. The molecule has 0 aliphatic rings. The van der Waals surface area contributed by atoms with Crippen LogP contribution in [0.3, 0.4) is 0 Å². The van der Waals surface area contributed by atoms with Crippen molar-refractivity contribution in [3.8, 4) is 11.4 Å². The number of rotatable bonds is 2. The zero-order chi connectivity index (χ0) is 11.7. The zero-order valence-corrected chi connectivity index (χ0v) is 9.86. The van der Waals surface area contributed by atoms with Gasteiger partial charge in [-0.05, 0) is 18.6 Å². The topological polar surface area (TPSA) is 50.9 Å². The van der Waals surface area contributed by atoms with Crippen molar-refractivity contribution in [2.75, 3.05) is 0 Å². The summed E-state index contributed by atoms with van der Waals surface area (Å²) in [5.41, 5.74) is 1.92. The second kappa shape index (κ2) is 4.23. The number of aliphatic hydroxyl groups excluding tert-OH is 1. The molecular weight excluding hydrogens is 226 g/mol. The van der Waals surface area contributed by atoms with Gasteiger partial charge in [0.2, 0.25) is 0 Å². The number of benzene rings is 1. The second-order valence-electron chi connectivity index (χ2n) is 3.62. The summed E-state index contributed by atoms with van der Waals surface area (Å²) in [6.07, 6.45) is 0. The number of aryl methyl sites for hydroxylation is 1. The molecule has 0 atom stereocenters. The summed E-state index contributed by atoms with van der Waals surface area (Å²) >= 11 is 6.05. The molecule has 0 fully saturated rings. The third-order valence-corrected chi connectivity index (χ3v) is 2.94. The van der Waals surface area contributed by atoms with Crippen LogP contribution in [0.1, 0.15) is 11.4 Å². The van der Waals surface area contributed by atoms with Gasteiger partial charge in [0.1, 0.15) is 6.61 Å². The Balaban J connectivity index is 2.50. The van der Waals surface area contributed by atoms with Crippen LogP contribution in [-0.2, 0) is 13.7 Å². The van der Waals surface area contributed by atoms with Gasteiger partial charge in [-0.15, -0.1) is 10.2 Å². The highest BCUT2D eigenvalue weighted by molar-refractivity contribution is 6.31. The van der Waals surface area contributed by atoms with Crippen molar-refractivity contribution in [3.05, 3.63) is 34.6 Å². The number of hydrogen-bond acceptors (Lipinski definition) is 3. The lowest BCUT2D eigenvalue weighted by molar-refractivity contribution is 0.267. The number of halogens is 1. The summed E-state index contributed by atoms with van der Waals surface area (Å²) in [7, 11) is 1.81. The predicted octanol–water partition coefficient (Wildman–Crippen LogP) is 1.94. The molecule has 1 N–H and O–H groups in total. The molecule has 2 aromatic rings. The van der Waals surface area contributed by atoms with Gasteiger partial charge in [0.15, 0.2) is 11.6 Å². The fourth-order valence-electron chi connectivity index (χ4n) is 1.48. The van der Waals surface area contributed by atoms with Crippen molar-refractivity contribution < 1.29 is 5.11 Å². The standard InChI is InChI=1S/C11H12ClN3O/c1-7-3-4-8(5-9(7)12)11-14-13-10(6-16)15(11)2/h3-5,16H,6H2,1-2H3. The molecule has 4 nitrogen and oxygen atoms in total. The Morgan fingerprint density at radius 1 is 1.38 bits per heavy atom. The highest BCUT2D eigenvalue weighted by Gasteiger charge is 2.10. The summed E-state index contributed by atoms with van der Waals surface area (Å²) in [4.78, 5) is 0. The van der Waals surface area contributed by atoms with E-state index in [4.69, 9.17) is 16.7 Å². The van der Waals surface area contributed by atoms with Crippen LogP contribution in [0, 0.1) is 6.92 Å². The van der Waals surface area contributed by atoms with E-state index < -0.39 is 0 Å². The third-order valence-electron chi connectivity index (χ3n) is 2.54. The van der Waals surface area contributed by atoms with Gasteiger partial charge in [-0.25, -0.2) is 0 Å². The minimum absolute atomic E-state index is 0.122. The van der Waals surface area contributed by atoms with E-state index in [1.54, 1.807) is 4.57 Å². The number of aliphatic hydroxyl groups is 1. The first-order valence-electron chi connectivity index (χ1n) is 4.89. The molecule has 1 aromatic carbocycles. The Morgan fingerprint density at radius 3 is 2.69 bits per heavy atom. The molecule has 1 heterocycles. The summed E-state index contributed by atoms with van der Waals surface area (Å²) in [5.74, 6) is 1.23. The molecule has 0 bridgehead atoms. The maximum absolute atomic E-state index is 9.03. The fraction of sp³-hybridized carbons (Fsp3) is 0.273.